The molecule has 0 unspecified atom stereocenters. The minimum Gasteiger partial charge on any atom is -0.867 e. The van der Waals surface area contributed by atoms with Crippen LogP contribution in [0.1, 0.15) is 107 Å². The maximum Gasteiger partial charge on any atom is 0.121 e. The van der Waals surface area contributed by atoms with Gasteiger partial charge >= 0.3 is 0 Å². The molecular formula is C24H56BFN2O2. The first-order valence-electron chi connectivity index (χ1n) is 12.9. The Morgan fingerprint density at radius 2 is 0.533 bits per heavy atom. The molecule has 0 atom stereocenters. The molecule has 0 aromatic carbocycles. The smallest absolute Gasteiger partial charge is 0.121 e. The van der Waals surface area contributed by atoms with E-state index in [9.17, 15) is 4.32 Å². The maximum absolute atomic E-state index is 9.89. The van der Waals surface area contributed by atoms with Crippen LogP contribution in [0.4, 0.5) is 4.32 Å². The van der Waals surface area contributed by atoms with Crippen LogP contribution in [0, 0.1) is 0 Å². The van der Waals surface area contributed by atoms with Gasteiger partial charge in [-0.15, -0.1) is 0 Å². The molecule has 0 heterocycles. The predicted octanol–water partition coefficient (Wildman–Crippen LogP) is 4.55. The second kappa shape index (κ2) is 23.5. The molecule has 0 aliphatic heterocycles. The highest BCUT2D eigenvalue weighted by molar-refractivity contribution is 6.27. The van der Waals surface area contributed by atoms with E-state index in [0.29, 0.717) is 0 Å². The molecule has 184 valence electrons. The highest BCUT2D eigenvalue weighted by atomic mass is 19.1. The standard InChI is InChI=1S/2C12H28N.BFO2/c2*1-5-9-13(10-6-2,11-7-3)12-8-4;2-1(3)4/h2*5-12H2,1-4H3;/q2*+1;-2. The molecule has 6 heteroatoms. The Morgan fingerprint density at radius 3 is 0.600 bits per heavy atom. The van der Waals surface area contributed by atoms with Crippen LogP contribution in [0.25, 0.3) is 0 Å². The summed E-state index contributed by atoms with van der Waals surface area (Å²) in [7, 11) is -3.17. The van der Waals surface area contributed by atoms with Crippen LogP contribution < -0.4 is 10.0 Å². The summed E-state index contributed by atoms with van der Waals surface area (Å²) in [4.78, 5) is 0. The number of halogens is 1. The molecule has 0 aromatic rings. The van der Waals surface area contributed by atoms with Crippen molar-refractivity contribution < 1.29 is 23.3 Å². The lowest BCUT2D eigenvalue weighted by atomic mass is 10.2. The Morgan fingerprint density at radius 1 is 0.433 bits per heavy atom. The lowest BCUT2D eigenvalue weighted by Gasteiger charge is -2.38. The number of rotatable bonds is 16. The van der Waals surface area contributed by atoms with Crippen molar-refractivity contribution in [1.29, 1.82) is 0 Å². The SMILES string of the molecule is CCC[N+](CCC)(CCC)CCC.CCC[N+](CCC)(CCC)CCC.[O-]B([O-])F. The fourth-order valence-corrected chi connectivity index (χ4v) is 5.14. The molecule has 0 aliphatic carbocycles. The zero-order chi connectivity index (χ0) is 23.9. The van der Waals surface area contributed by atoms with Crippen LogP contribution in [0.3, 0.4) is 0 Å². The molecule has 0 aliphatic rings. The Kier molecular flexibility index (Phi) is 27.0. The zero-order valence-electron chi connectivity index (χ0n) is 22.0. The van der Waals surface area contributed by atoms with Gasteiger partial charge in [0.25, 0.3) is 0 Å². The van der Waals surface area contributed by atoms with Gasteiger partial charge in [-0.1, -0.05) is 55.4 Å². The van der Waals surface area contributed by atoms with E-state index in [-0.39, 0.29) is 0 Å². The van der Waals surface area contributed by atoms with Crippen molar-refractivity contribution in [2.45, 2.75) is 107 Å². The van der Waals surface area contributed by atoms with Crippen molar-refractivity contribution in [2.75, 3.05) is 52.4 Å². The molecule has 0 bridgehead atoms. The van der Waals surface area contributed by atoms with Crippen molar-refractivity contribution in [2.24, 2.45) is 0 Å². The monoisotopic (exact) mass is 434 g/mol. The van der Waals surface area contributed by atoms with Gasteiger partial charge in [0, 0.05) is 0 Å². The normalized spacial score (nSPS) is 11.3. The Bertz CT molecular complexity index is 245. The molecule has 0 saturated heterocycles. The highest BCUT2D eigenvalue weighted by Crippen LogP contribution is 2.13. The quantitative estimate of drug-likeness (QED) is 0.264. The van der Waals surface area contributed by atoms with Gasteiger partial charge in [0.15, 0.2) is 0 Å². The lowest BCUT2D eigenvalue weighted by molar-refractivity contribution is -0.928. The summed E-state index contributed by atoms with van der Waals surface area (Å²) in [6, 6.07) is 0. The van der Waals surface area contributed by atoms with Crippen LogP contribution >= 0.6 is 0 Å². The van der Waals surface area contributed by atoms with E-state index in [1.54, 1.807) is 0 Å². The summed E-state index contributed by atoms with van der Waals surface area (Å²) in [5.41, 5.74) is 0. The van der Waals surface area contributed by atoms with Crippen LogP contribution in [-0.2, 0) is 0 Å². The van der Waals surface area contributed by atoms with E-state index in [4.69, 9.17) is 10.0 Å². The summed E-state index contributed by atoms with van der Waals surface area (Å²) >= 11 is 0. The third-order valence-electron chi connectivity index (χ3n) is 5.58. The van der Waals surface area contributed by atoms with Crippen LogP contribution in [0.15, 0.2) is 0 Å². The van der Waals surface area contributed by atoms with Crippen molar-refractivity contribution in [3.8, 4) is 0 Å². The first-order chi connectivity index (χ1) is 14.2. The van der Waals surface area contributed by atoms with Crippen molar-refractivity contribution >= 4 is 7.40 Å². The minimum absolute atomic E-state index is 1.33. The van der Waals surface area contributed by atoms with E-state index in [0.717, 1.165) is 0 Å². The summed E-state index contributed by atoms with van der Waals surface area (Å²) in [6.45, 7) is 29.6. The second-order valence-electron chi connectivity index (χ2n) is 8.75. The summed E-state index contributed by atoms with van der Waals surface area (Å²) < 4.78 is 12.6. The van der Waals surface area contributed by atoms with E-state index >= 15 is 0 Å². The van der Waals surface area contributed by atoms with Gasteiger partial charge in [-0.05, 0) is 51.4 Å². The second-order valence-corrected chi connectivity index (χ2v) is 8.75. The topological polar surface area (TPSA) is 46.1 Å². The molecule has 0 N–H and O–H groups in total. The van der Waals surface area contributed by atoms with E-state index in [1.165, 1.54) is 113 Å². The van der Waals surface area contributed by atoms with Gasteiger partial charge in [0.1, 0.15) is 7.40 Å². The largest absolute Gasteiger partial charge is 0.867 e. The number of hydrogen-bond acceptors (Lipinski definition) is 2. The summed E-state index contributed by atoms with van der Waals surface area (Å²) in [6.07, 6.45) is 10.7. The van der Waals surface area contributed by atoms with Gasteiger partial charge in [-0.3, -0.25) is 0 Å². The molecule has 30 heavy (non-hydrogen) atoms. The molecule has 0 spiro atoms. The average Bonchev–Trinajstić information content (AvgIpc) is 2.64. The number of nitrogens with zero attached hydrogens (tertiary/aromatic N) is 2. The van der Waals surface area contributed by atoms with E-state index < -0.39 is 7.40 Å². The molecule has 0 amide bonds. The first kappa shape index (κ1) is 34.4. The summed E-state index contributed by atoms with van der Waals surface area (Å²) in [5, 5.41) is 16.6. The number of hydrogen-bond donors (Lipinski definition) is 0. The molecule has 0 saturated carbocycles. The van der Waals surface area contributed by atoms with Gasteiger partial charge in [0.2, 0.25) is 0 Å². The molecule has 0 aromatic heterocycles. The van der Waals surface area contributed by atoms with Crippen molar-refractivity contribution in [3.63, 3.8) is 0 Å². The van der Waals surface area contributed by atoms with Crippen LogP contribution in [-0.4, -0.2) is 68.7 Å². The van der Waals surface area contributed by atoms with Gasteiger partial charge in [0.05, 0.1) is 52.4 Å². The Balaban J connectivity index is -0.000000412. The average molecular weight is 435 g/mol. The lowest BCUT2D eigenvalue weighted by Crippen LogP contribution is -2.50. The molecular weight excluding hydrogens is 378 g/mol. The third kappa shape index (κ3) is 19.8. The van der Waals surface area contributed by atoms with E-state index in [1.807, 2.05) is 0 Å². The van der Waals surface area contributed by atoms with Gasteiger partial charge < -0.3 is 23.3 Å². The van der Waals surface area contributed by atoms with Crippen molar-refractivity contribution in [1.82, 2.24) is 0 Å². The van der Waals surface area contributed by atoms with Crippen LogP contribution in [0.2, 0.25) is 0 Å². The zero-order valence-corrected chi connectivity index (χ0v) is 22.0. The van der Waals surface area contributed by atoms with E-state index in [2.05, 4.69) is 55.4 Å². The molecule has 0 rings (SSSR count). The van der Waals surface area contributed by atoms with Crippen molar-refractivity contribution in [3.05, 3.63) is 0 Å². The third-order valence-corrected chi connectivity index (χ3v) is 5.58. The van der Waals surface area contributed by atoms with Gasteiger partial charge in [-0.25, -0.2) is 0 Å². The first-order valence-corrected chi connectivity index (χ1v) is 12.9. The fourth-order valence-electron chi connectivity index (χ4n) is 5.14. The Labute approximate surface area is 190 Å². The highest BCUT2D eigenvalue weighted by Gasteiger charge is 2.23. The fraction of sp³-hybridized carbons (Fsp3) is 1.00. The molecule has 4 nitrogen and oxygen atoms in total. The molecule has 0 fully saturated rings. The van der Waals surface area contributed by atoms with Gasteiger partial charge in [-0.2, -0.15) is 0 Å². The molecule has 0 radical (unpaired) electrons. The number of quaternary nitrogens is 2. The van der Waals surface area contributed by atoms with Crippen LogP contribution in [0.5, 0.6) is 0 Å². The minimum atomic E-state index is -3.17. The Hall–Kier alpha value is -0.165. The maximum atomic E-state index is 9.89. The summed E-state index contributed by atoms with van der Waals surface area (Å²) in [5.74, 6) is 0. The predicted molar refractivity (Wildman–Crippen MR) is 129 cm³/mol.